The van der Waals surface area contributed by atoms with Gasteiger partial charge in [0.2, 0.25) is 5.95 Å². The van der Waals surface area contributed by atoms with Gasteiger partial charge in [-0.15, -0.1) is 5.10 Å². The normalized spacial score (nSPS) is 23.1. The highest BCUT2D eigenvalue weighted by Crippen LogP contribution is 2.30. The van der Waals surface area contributed by atoms with Crippen molar-refractivity contribution < 1.29 is 0 Å². The first-order valence-corrected chi connectivity index (χ1v) is 8.26. The van der Waals surface area contributed by atoms with E-state index >= 15 is 0 Å². The molecule has 0 aliphatic heterocycles. The number of halogens is 1. The van der Waals surface area contributed by atoms with Gasteiger partial charge >= 0.3 is 0 Å². The van der Waals surface area contributed by atoms with E-state index in [0.717, 1.165) is 34.4 Å². The summed E-state index contributed by atoms with van der Waals surface area (Å²) < 4.78 is 2.81. The van der Waals surface area contributed by atoms with Crippen molar-refractivity contribution in [1.29, 1.82) is 0 Å². The Balaban J connectivity index is 1.54. The summed E-state index contributed by atoms with van der Waals surface area (Å²) in [6.45, 7) is 3.34. The first kappa shape index (κ1) is 13.9. The van der Waals surface area contributed by atoms with Gasteiger partial charge < -0.3 is 5.32 Å². The van der Waals surface area contributed by atoms with Crippen molar-refractivity contribution in [3.8, 4) is 0 Å². The molecule has 2 unspecified atom stereocenters. The van der Waals surface area contributed by atoms with Gasteiger partial charge in [0.25, 0.3) is 0 Å². The van der Waals surface area contributed by atoms with Gasteiger partial charge in [-0.1, -0.05) is 26.2 Å². The van der Waals surface area contributed by atoms with E-state index in [0.29, 0.717) is 0 Å². The molecule has 20 heavy (non-hydrogen) atoms. The Labute approximate surface area is 128 Å². The van der Waals surface area contributed by atoms with Crippen LogP contribution in [0.1, 0.15) is 39.0 Å². The van der Waals surface area contributed by atoms with Crippen LogP contribution in [0.2, 0.25) is 0 Å². The van der Waals surface area contributed by atoms with Crippen LogP contribution in [0.3, 0.4) is 0 Å². The average molecular weight is 337 g/mol. The molecule has 5 heteroatoms. The minimum absolute atomic E-state index is 0.729. The lowest BCUT2D eigenvalue weighted by Crippen LogP contribution is -2.16. The molecule has 0 amide bonds. The van der Waals surface area contributed by atoms with Crippen LogP contribution in [0, 0.1) is 11.8 Å². The van der Waals surface area contributed by atoms with Gasteiger partial charge in [-0.2, -0.15) is 4.98 Å². The fraction of sp³-hybridized carbons (Fsp3) is 0.600. The van der Waals surface area contributed by atoms with Crippen LogP contribution in [-0.2, 0) is 0 Å². The molecule has 0 radical (unpaired) electrons. The van der Waals surface area contributed by atoms with Crippen LogP contribution < -0.4 is 5.32 Å². The predicted molar refractivity (Wildman–Crippen MR) is 84.9 cm³/mol. The molecular formula is C15H21BrN4. The number of pyridine rings is 1. The number of rotatable bonds is 4. The maximum atomic E-state index is 4.47. The zero-order valence-corrected chi connectivity index (χ0v) is 13.4. The molecule has 2 aromatic heterocycles. The number of hydrogen-bond donors (Lipinski definition) is 1. The Hall–Kier alpha value is -1.10. The fourth-order valence-corrected chi connectivity index (χ4v) is 3.47. The van der Waals surface area contributed by atoms with E-state index in [2.05, 4.69) is 38.3 Å². The van der Waals surface area contributed by atoms with E-state index in [-0.39, 0.29) is 0 Å². The number of anilines is 1. The van der Waals surface area contributed by atoms with Crippen LogP contribution in [0.4, 0.5) is 5.95 Å². The summed E-state index contributed by atoms with van der Waals surface area (Å²) in [4.78, 5) is 4.47. The van der Waals surface area contributed by atoms with Crippen molar-refractivity contribution in [2.45, 2.75) is 39.0 Å². The lowest BCUT2D eigenvalue weighted by atomic mass is 9.81. The third kappa shape index (κ3) is 3.32. The van der Waals surface area contributed by atoms with Gasteiger partial charge in [0.1, 0.15) is 0 Å². The molecule has 0 spiro atoms. The minimum atomic E-state index is 0.729. The largest absolute Gasteiger partial charge is 0.353 e. The molecule has 3 rings (SSSR count). The van der Waals surface area contributed by atoms with Crippen LogP contribution in [0.15, 0.2) is 22.8 Å². The molecule has 2 atom stereocenters. The van der Waals surface area contributed by atoms with E-state index in [9.17, 15) is 0 Å². The zero-order valence-electron chi connectivity index (χ0n) is 11.8. The number of hydrogen-bond acceptors (Lipinski definition) is 3. The Kier molecular flexibility index (Phi) is 4.24. The molecule has 1 saturated carbocycles. The Bertz CT molecular complexity index is 580. The van der Waals surface area contributed by atoms with Gasteiger partial charge in [0.15, 0.2) is 5.65 Å². The predicted octanol–water partition coefficient (Wildman–Crippen LogP) is 4.12. The second-order valence-electron chi connectivity index (χ2n) is 5.94. The Morgan fingerprint density at radius 1 is 1.40 bits per heavy atom. The van der Waals surface area contributed by atoms with Crippen molar-refractivity contribution in [2.24, 2.45) is 11.8 Å². The highest BCUT2D eigenvalue weighted by molar-refractivity contribution is 9.10. The fourth-order valence-electron chi connectivity index (χ4n) is 3.14. The third-order valence-electron chi connectivity index (χ3n) is 4.18. The summed E-state index contributed by atoms with van der Waals surface area (Å²) in [7, 11) is 0. The summed E-state index contributed by atoms with van der Waals surface area (Å²) in [6, 6.07) is 3.95. The van der Waals surface area contributed by atoms with Crippen molar-refractivity contribution in [3.05, 3.63) is 22.8 Å². The molecule has 0 aromatic carbocycles. The van der Waals surface area contributed by atoms with Crippen molar-refractivity contribution in [1.82, 2.24) is 14.6 Å². The second kappa shape index (κ2) is 6.12. The number of nitrogens with zero attached hydrogens (tertiary/aromatic N) is 3. The van der Waals surface area contributed by atoms with Gasteiger partial charge in [0.05, 0.1) is 0 Å². The van der Waals surface area contributed by atoms with E-state index < -0.39 is 0 Å². The van der Waals surface area contributed by atoms with Crippen molar-refractivity contribution in [2.75, 3.05) is 11.9 Å². The van der Waals surface area contributed by atoms with Gasteiger partial charge in [-0.05, 0) is 52.7 Å². The first-order chi connectivity index (χ1) is 9.70. The summed E-state index contributed by atoms with van der Waals surface area (Å²) >= 11 is 3.44. The van der Waals surface area contributed by atoms with Crippen LogP contribution in [0.5, 0.6) is 0 Å². The molecule has 2 aromatic rings. The molecule has 1 aliphatic rings. The molecule has 2 heterocycles. The van der Waals surface area contributed by atoms with Crippen LogP contribution in [0.25, 0.3) is 5.65 Å². The molecule has 108 valence electrons. The number of fused-ring (bicyclic) bond motifs is 1. The smallest absolute Gasteiger partial charge is 0.243 e. The maximum absolute atomic E-state index is 4.47. The first-order valence-electron chi connectivity index (χ1n) is 7.46. The standard InChI is InChI=1S/C15H21BrN4/c1-11-3-2-4-12(9-11)7-8-17-15-18-14-6-5-13(16)10-20(14)19-15/h5-6,10-12H,2-4,7-9H2,1H3,(H,17,19). The van der Waals surface area contributed by atoms with E-state index in [1.165, 1.54) is 32.1 Å². The van der Waals surface area contributed by atoms with E-state index in [1.54, 1.807) is 4.52 Å². The van der Waals surface area contributed by atoms with Gasteiger partial charge in [0, 0.05) is 17.2 Å². The van der Waals surface area contributed by atoms with Crippen molar-refractivity contribution >= 4 is 27.5 Å². The molecule has 1 fully saturated rings. The summed E-state index contributed by atoms with van der Waals surface area (Å²) in [6.07, 6.45) is 8.73. The highest BCUT2D eigenvalue weighted by Gasteiger charge is 2.18. The second-order valence-corrected chi connectivity index (χ2v) is 6.85. The van der Waals surface area contributed by atoms with Gasteiger partial charge in [-0.3, -0.25) is 0 Å². The molecule has 4 nitrogen and oxygen atoms in total. The Morgan fingerprint density at radius 3 is 3.15 bits per heavy atom. The number of aromatic nitrogens is 3. The molecule has 1 aliphatic carbocycles. The topological polar surface area (TPSA) is 42.2 Å². The number of nitrogens with one attached hydrogen (secondary N) is 1. The molecule has 1 N–H and O–H groups in total. The average Bonchev–Trinajstić information content (AvgIpc) is 2.80. The SMILES string of the molecule is CC1CCCC(CCNc2nc3ccc(Br)cn3n2)C1. The molecule has 0 saturated heterocycles. The highest BCUT2D eigenvalue weighted by atomic mass is 79.9. The minimum Gasteiger partial charge on any atom is -0.353 e. The van der Waals surface area contributed by atoms with E-state index in [4.69, 9.17) is 0 Å². The summed E-state index contributed by atoms with van der Waals surface area (Å²) in [5.74, 6) is 2.50. The van der Waals surface area contributed by atoms with Crippen LogP contribution in [-0.4, -0.2) is 21.1 Å². The van der Waals surface area contributed by atoms with Crippen molar-refractivity contribution in [3.63, 3.8) is 0 Å². The molecular weight excluding hydrogens is 316 g/mol. The van der Waals surface area contributed by atoms with Gasteiger partial charge in [-0.25, -0.2) is 4.52 Å². The maximum Gasteiger partial charge on any atom is 0.243 e. The zero-order chi connectivity index (χ0) is 13.9. The quantitative estimate of drug-likeness (QED) is 0.913. The molecule has 0 bridgehead atoms. The summed E-state index contributed by atoms with van der Waals surface area (Å²) in [5, 5.41) is 7.79. The lowest BCUT2D eigenvalue weighted by molar-refractivity contribution is 0.274. The van der Waals surface area contributed by atoms with E-state index in [1.807, 2.05) is 18.3 Å². The summed E-state index contributed by atoms with van der Waals surface area (Å²) in [5.41, 5.74) is 0.877. The third-order valence-corrected chi connectivity index (χ3v) is 4.64. The lowest BCUT2D eigenvalue weighted by Gasteiger charge is -2.26. The van der Waals surface area contributed by atoms with Crippen LogP contribution >= 0.6 is 15.9 Å². The Morgan fingerprint density at radius 2 is 2.30 bits per heavy atom. The monoisotopic (exact) mass is 336 g/mol.